The van der Waals surface area contributed by atoms with E-state index >= 15 is 0 Å². The molecule has 4 N–H and O–H groups in total. The van der Waals surface area contributed by atoms with E-state index in [1.165, 1.54) is 0 Å². The van der Waals surface area contributed by atoms with Crippen LogP contribution in [0, 0.1) is 12.3 Å². The van der Waals surface area contributed by atoms with Crippen molar-refractivity contribution >= 4 is 32.9 Å². The second-order valence-electron chi connectivity index (χ2n) is 8.31. The van der Waals surface area contributed by atoms with Crippen molar-refractivity contribution in [3.05, 3.63) is 40.6 Å². The van der Waals surface area contributed by atoms with Crippen LogP contribution in [0.2, 0.25) is 0 Å². The van der Waals surface area contributed by atoms with Crippen LogP contribution in [0.1, 0.15) is 47.6 Å². The van der Waals surface area contributed by atoms with Crippen LogP contribution in [0.3, 0.4) is 0 Å². The van der Waals surface area contributed by atoms with Gasteiger partial charge in [0.05, 0.1) is 29.9 Å². The molecule has 11 heteroatoms. The number of rotatable bonds is 4. The number of hydrogen-bond donors (Lipinski definition) is 3. The van der Waals surface area contributed by atoms with Gasteiger partial charge in [-0.2, -0.15) is 13.2 Å². The molecule has 172 valence electrons. The van der Waals surface area contributed by atoms with E-state index in [2.05, 4.69) is 15.3 Å². The molecule has 0 spiro atoms. The Hall–Kier alpha value is -2.27. The van der Waals surface area contributed by atoms with Crippen molar-refractivity contribution in [2.24, 2.45) is 10.7 Å². The first-order valence-corrected chi connectivity index (χ1v) is 10.9. The van der Waals surface area contributed by atoms with Gasteiger partial charge in [-0.1, -0.05) is 0 Å². The van der Waals surface area contributed by atoms with Crippen molar-refractivity contribution < 1.29 is 22.0 Å². The third-order valence-corrected chi connectivity index (χ3v) is 6.35. The summed E-state index contributed by atoms with van der Waals surface area (Å²) >= 11 is 0.737. The Labute approximate surface area is 185 Å². The Kier molecular flexibility index (Phi) is 5.91. The average Bonchev–Trinajstić information content (AvgIpc) is 3.48. The zero-order valence-corrected chi connectivity index (χ0v) is 18.0. The average molecular weight is 471 g/mol. The Bertz CT molecular complexity index is 1090. The van der Waals surface area contributed by atoms with Gasteiger partial charge in [0.2, 0.25) is 0 Å². The molecule has 5 nitrogen and oxygen atoms in total. The molecule has 2 fully saturated rings. The lowest BCUT2D eigenvalue weighted by atomic mass is 9.98. The van der Waals surface area contributed by atoms with E-state index in [1.54, 1.807) is 19.1 Å². The zero-order valence-electron chi connectivity index (χ0n) is 17.2. The van der Waals surface area contributed by atoms with Gasteiger partial charge >= 0.3 is 6.18 Å². The topological polar surface area (TPSA) is 87.2 Å². The van der Waals surface area contributed by atoms with Crippen LogP contribution in [0.15, 0.2) is 23.2 Å². The van der Waals surface area contributed by atoms with E-state index in [1.807, 2.05) is 0 Å². The van der Waals surface area contributed by atoms with Gasteiger partial charge in [0.25, 0.3) is 5.92 Å². The molecular formula is C21H22F5N5S. The number of aromatic nitrogens is 1. The standard InChI is InChI=1S/C21H22F5N5S/c1-10-4-16(18(27)32-19(28)29-8-13-7-20(22,23)9-30-13)31-17-14(10)5-12(11-2-3-11)6-15(17)21(24,25)26/h4-6,11,13,27,30H,2-3,7-9H2,1H3,(H2,28,29). The third kappa shape index (κ3) is 5.03. The Balaban J connectivity index is 1.58. The lowest BCUT2D eigenvalue weighted by Gasteiger charge is -2.15. The minimum Gasteiger partial charge on any atom is -0.378 e. The maximum absolute atomic E-state index is 13.8. The highest BCUT2D eigenvalue weighted by atomic mass is 32.2. The molecular weight excluding hydrogens is 449 g/mol. The first-order chi connectivity index (χ1) is 14.9. The molecule has 1 atom stereocenters. The number of amidine groups is 1. The second-order valence-corrected chi connectivity index (χ2v) is 9.34. The number of hydrogen-bond acceptors (Lipinski definition) is 5. The van der Waals surface area contributed by atoms with Gasteiger partial charge in [-0.3, -0.25) is 10.4 Å². The van der Waals surface area contributed by atoms with Crippen LogP contribution >= 0.6 is 11.8 Å². The maximum atomic E-state index is 13.8. The van der Waals surface area contributed by atoms with E-state index in [9.17, 15) is 22.0 Å². The van der Waals surface area contributed by atoms with Crippen molar-refractivity contribution in [3.8, 4) is 0 Å². The van der Waals surface area contributed by atoms with Gasteiger partial charge in [-0.25, -0.2) is 13.8 Å². The zero-order chi connectivity index (χ0) is 23.3. The quantitative estimate of drug-likeness (QED) is 0.339. The van der Waals surface area contributed by atoms with E-state index in [0.29, 0.717) is 16.5 Å². The van der Waals surface area contributed by atoms with Crippen molar-refractivity contribution in [1.29, 1.82) is 5.41 Å². The van der Waals surface area contributed by atoms with Crippen LogP contribution in [0.25, 0.3) is 10.9 Å². The number of nitrogens with one attached hydrogen (secondary N) is 2. The number of alkyl halides is 5. The number of aryl methyl sites for hydroxylation is 1. The fourth-order valence-electron chi connectivity index (χ4n) is 3.82. The summed E-state index contributed by atoms with van der Waals surface area (Å²) in [5.74, 6) is -2.63. The number of nitrogens with two attached hydrogens (primary N) is 1. The number of pyridine rings is 1. The number of aliphatic imine (C=N–C) groups is 1. The predicted octanol–water partition coefficient (Wildman–Crippen LogP) is 4.81. The van der Waals surface area contributed by atoms with Gasteiger partial charge < -0.3 is 11.1 Å². The Morgan fingerprint density at radius 3 is 2.62 bits per heavy atom. The monoisotopic (exact) mass is 471 g/mol. The summed E-state index contributed by atoms with van der Waals surface area (Å²) in [5, 5.41) is 11.1. The van der Waals surface area contributed by atoms with Crippen molar-refractivity contribution in [1.82, 2.24) is 10.3 Å². The van der Waals surface area contributed by atoms with Gasteiger partial charge in [0.15, 0.2) is 5.17 Å². The molecule has 2 aliphatic rings. The molecule has 1 saturated carbocycles. The fraction of sp³-hybridized carbons (Fsp3) is 0.476. The molecule has 2 aromatic rings. The number of benzene rings is 1. The minimum absolute atomic E-state index is 0.0219. The number of halogens is 5. The molecule has 1 aliphatic carbocycles. The highest BCUT2D eigenvalue weighted by molar-refractivity contribution is 8.26. The first-order valence-electron chi connectivity index (χ1n) is 10.1. The molecule has 4 rings (SSSR count). The largest absolute Gasteiger partial charge is 0.418 e. The fourth-order valence-corrected chi connectivity index (χ4v) is 4.37. The minimum atomic E-state index is -4.58. The summed E-state index contributed by atoms with van der Waals surface area (Å²) < 4.78 is 67.8. The predicted molar refractivity (Wildman–Crippen MR) is 116 cm³/mol. The van der Waals surface area contributed by atoms with Crippen LogP contribution in [0.4, 0.5) is 22.0 Å². The summed E-state index contributed by atoms with van der Waals surface area (Å²) in [4.78, 5) is 8.18. The van der Waals surface area contributed by atoms with Crippen LogP contribution in [-0.4, -0.2) is 40.2 Å². The van der Waals surface area contributed by atoms with Crippen LogP contribution in [0.5, 0.6) is 0 Å². The van der Waals surface area contributed by atoms with Gasteiger partial charge in [0, 0.05) is 17.8 Å². The van der Waals surface area contributed by atoms with Crippen LogP contribution in [-0.2, 0) is 6.18 Å². The van der Waals surface area contributed by atoms with Gasteiger partial charge in [-0.05, 0) is 66.8 Å². The summed E-state index contributed by atoms with van der Waals surface area (Å²) in [5.41, 5.74) is 6.10. The molecule has 0 bridgehead atoms. The van der Waals surface area contributed by atoms with E-state index in [4.69, 9.17) is 11.1 Å². The summed E-state index contributed by atoms with van der Waals surface area (Å²) in [6.07, 6.45) is -3.17. The van der Waals surface area contributed by atoms with Gasteiger partial charge in [0.1, 0.15) is 5.04 Å². The first kappa shape index (κ1) is 22.9. The SMILES string of the molecule is Cc1cc(C(=N)SC(N)=NCC2CC(F)(F)CN2)nc2c(C(F)(F)F)cc(C3CC3)cc12. The highest BCUT2D eigenvalue weighted by Gasteiger charge is 2.39. The van der Waals surface area contributed by atoms with E-state index in [-0.39, 0.29) is 40.3 Å². The smallest absolute Gasteiger partial charge is 0.378 e. The Morgan fingerprint density at radius 1 is 1.31 bits per heavy atom. The summed E-state index contributed by atoms with van der Waals surface area (Å²) in [6, 6.07) is 3.95. The highest BCUT2D eigenvalue weighted by Crippen LogP contribution is 2.44. The number of thioether (sulfide) groups is 1. The van der Waals surface area contributed by atoms with E-state index < -0.39 is 30.2 Å². The van der Waals surface area contributed by atoms with Gasteiger partial charge in [-0.15, -0.1) is 0 Å². The second kappa shape index (κ2) is 8.26. The van der Waals surface area contributed by atoms with Crippen LogP contribution < -0.4 is 11.1 Å². The molecule has 1 aliphatic heterocycles. The molecule has 1 unspecified atom stereocenters. The van der Waals surface area contributed by atoms with E-state index in [0.717, 1.165) is 30.7 Å². The molecule has 1 aromatic heterocycles. The van der Waals surface area contributed by atoms with Crippen molar-refractivity contribution in [3.63, 3.8) is 0 Å². The van der Waals surface area contributed by atoms with Crippen molar-refractivity contribution in [2.45, 2.75) is 50.2 Å². The third-order valence-electron chi connectivity index (χ3n) is 5.60. The number of nitrogens with zero attached hydrogens (tertiary/aromatic N) is 2. The molecule has 0 amide bonds. The normalized spacial score (nSPS) is 21.3. The molecule has 0 radical (unpaired) electrons. The lowest BCUT2D eigenvalue weighted by Crippen LogP contribution is -2.26. The lowest BCUT2D eigenvalue weighted by molar-refractivity contribution is -0.136. The summed E-state index contributed by atoms with van der Waals surface area (Å²) in [6.45, 7) is 1.29. The number of fused-ring (bicyclic) bond motifs is 1. The molecule has 2 heterocycles. The van der Waals surface area contributed by atoms with Crippen molar-refractivity contribution in [2.75, 3.05) is 13.1 Å². The molecule has 32 heavy (non-hydrogen) atoms. The summed E-state index contributed by atoms with van der Waals surface area (Å²) in [7, 11) is 0. The Morgan fingerprint density at radius 2 is 2.03 bits per heavy atom. The molecule has 1 aromatic carbocycles. The maximum Gasteiger partial charge on any atom is 0.418 e. The molecule has 1 saturated heterocycles.